The van der Waals surface area contributed by atoms with Gasteiger partial charge in [-0.1, -0.05) is 37.5 Å². The largest absolute Gasteiger partial charge is 0.0632 e. The van der Waals surface area contributed by atoms with Crippen molar-refractivity contribution in [1.82, 2.24) is 0 Å². The first-order valence-electron chi connectivity index (χ1n) is 11.1. The lowest BCUT2D eigenvalue weighted by atomic mass is 9.70. The molecular weight excluding hydrogens is 336 g/mol. The van der Waals surface area contributed by atoms with E-state index in [0.29, 0.717) is 23.7 Å². The highest BCUT2D eigenvalue weighted by molar-refractivity contribution is 5.61. The maximum atomic E-state index is 2.43. The first kappa shape index (κ1) is 21.2. The summed E-state index contributed by atoms with van der Waals surface area (Å²) in [6.07, 6.45) is 0. The predicted octanol–water partition coefficient (Wildman–Crippen LogP) is 8.51. The Bertz CT molecular complexity index is 809. The highest BCUT2D eigenvalue weighted by Gasteiger charge is 2.42. The summed E-state index contributed by atoms with van der Waals surface area (Å²) in [6, 6.07) is 0. The van der Waals surface area contributed by atoms with E-state index in [9.17, 15) is 0 Å². The summed E-state index contributed by atoms with van der Waals surface area (Å²) >= 11 is 0. The van der Waals surface area contributed by atoms with E-state index in [4.69, 9.17) is 0 Å². The molecule has 0 spiro atoms. The average Bonchev–Trinajstić information content (AvgIpc) is 3.06. The van der Waals surface area contributed by atoms with Crippen LogP contribution in [-0.2, 0) is 0 Å². The maximum Gasteiger partial charge on any atom is 0.0251 e. The van der Waals surface area contributed by atoms with Gasteiger partial charge in [0.1, 0.15) is 0 Å². The van der Waals surface area contributed by atoms with Gasteiger partial charge in [0.15, 0.2) is 0 Å². The number of rotatable bonds is 3. The van der Waals surface area contributed by atoms with E-state index in [1.165, 1.54) is 16.7 Å². The molecule has 0 N–H and O–H groups in total. The summed E-state index contributed by atoms with van der Waals surface area (Å²) in [5.41, 5.74) is 18.9. The van der Waals surface area contributed by atoms with Crippen molar-refractivity contribution in [2.24, 2.45) is 23.7 Å². The predicted molar refractivity (Wildman–Crippen MR) is 124 cm³/mol. The molecule has 0 radical (unpaired) electrons. The van der Waals surface area contributed by atoms with E-state index < -0.39 is 0 Å². The van der Waals surface area contributed by atoms with Crippen LogP contribution in [0.2, 0.25) is 0 Å². The van der Waals surface area contributed by atoms with Crippen molar-refractivity contribution >= 4 is 0 Å². The van der Waals surface area contributed by atoms with E-state index in [1.807, 2.05) is 0 Å². The van der Waals surface area contributed by atoms with Crippen LogP contribution < -0.4 is 0 Å². The first-order valence-corrected chi connectivity index (χ1v) is 11.1. The monoisotopic (exact) mass is 376 g/mol. The average molecular weight is 377 g/mol. The van der Waals surface area contributed by atoms with Crippen LogP contribution in [0.4, 0.5) is 0 Å². The van der Waals surface area contributed by atoms with Crippen LogP contribution in [0.15, 0.2) is 66.9 Å². The van der Waals surface area contributed by atoms with Crippen LogP contribution in [0.25, 0.3) is 0 Å². The topological polar surface area (TPSA) is 0 Å². The maximum absolute atomic E-state index is 2.43. The Balaban J connectivity index is 2.29. The Kier molecular flexibility index (Phi) is 5.32. The van der Waals surface area contributed by atoms with Crippen molar-refractivity contribution in [2.45, 2.75) is 83.1 Å². The lowest BCUT2D eigenvalue weighted by Gasteiger charge is -2.34. The van der Waals surface area contributed by atoms with E-state index in [1.54, 1.807) is 50.2 Å². The van der Waals surface area contributed by atoms with Crippen molar-refractivity contribution in [2.75, 3.05) is 0 Å². The molecule has 3 atom stereocenters. The Morgan fingerprint density at radius 1 is 0.393 bits per heavy atom. The van der Waals surface area contributed by atoms with E-state index in [2.05, 4.69) is 83.1 Å². The zero-order chi connectivity index (χ0) is 21.2. The Morgan fingerprint density at radius 3 is 0.750 bits per heavy atom. The molecule has 0 aromatic heterocycles. The minimum Gasteiger partial charge on any atom is -0.0632 e. The fourth-order valence-corrected chi connectivity index (χ4v) is 6.09. The van der Waals surface area contributed by atoms with Gasteiger partial charge in [0.25, 0.3) is 0 Å². The minimum atomic E-state index is 0.437. The molecule has 152 valence electrons. The van der Waals surface area contributed by atoms with Gasteiger partial charge in [-0.05, 0) is 130 Å². The van der Waals surface area contributed by atoms with Crippen molar-refractivity contribution in [3.05, 3.63) is 66.9 Å². The molecule has 3 rings (SSSR count). The molecule has 3 aliphatic rings. The Labute approximate surface area is 173 Å². The summed E-state index contributed by atoms with van der Waals surface area (Å²) in [4.78, 5) is 0. The van der Waals surface area contributed by atoms with Crippen LogP contribution in [0.1, 0.15) is 83.1 Å². The minimum absolute atomic E-state index is 0.437. The second-order valence-corrected chi connectivity index (χ2v) is 9.76. The summed E-state index contributed by atoms with van der Waals surface area (Å²) in [7, 11) is 0. The third-order valence-electron chi connectivity index (χ3n) is 9.04. The molecule has 0 amide bonds. The van der Waals surface area contributed by atoms with Gasteiger partial charge >= 0.3 is 0 Å². The molecular formula is C28H40. The molecule has 0 bridgehead atoms. The van der Waals surface area contributed by atoms with Crippen LogP contribution in [0.5, 0.6) is 0 Å². The lowest BCUT2D eigenvalue weighted by Crippen LogP contribution is -2.22. The highest BCUT2D eigenvalue weighted by atomic mass is 14.5. The van der Waals surface area contributed by atoms with Crippen LogP contribution in [0, 0.1) is 23.7 Å². The molecule has 0 aliphatic heterocycles. The fourth-order valence-electron chi connectivity index (χ4n) is 6.09. The summed E-state index contributed by atoms with van der Waals surface area (Å²) in [5, 5.41) is 0. The van der Waals surface area contributed by atoms with Crippen LogP contribution in [-0.4, -0.2) is 0 Å². The van der Waals surface area contributed by atoms with E-state index in [-0.39, 0.29) is 0 Å². The molecule has 0 unspecified atom stereocenters. The van der Waals surface area contributed by atoms with Gasteiger partial charge in [-0.3, -0.25) is 0 Å². The van der Waals surface area contributed by atoms with Gasteiger partial charge in [-0.2, -0.15) is 0 Å². The van der Waals surface area contributed by atoms with Gasteiger partial charge in [0.05, 0.1) is 0 Å². The summed E-state index contributed by atoms with van der Waals surface area (Å²) in [5.74, 6) is 2.04. The van der Waals surface area contributed by atoms with Gasteiger partial charge in [0.2, 0.25) is 0 Å². The summed E-state index contributed by atoms with van der Waals surface area (Å²) < 4.78 is 0. The quantitative estimate of drug-likeness (QED) is 0.463. The smallest absolute Gasteiger partial charge is 0.0251 e. The molecule has 0 aromatic carbocycles. The van der Waals surface area contributed by atoms with Crippen molar-refractivity contribution in [3.63, 3.8) is 0 Å². The third kappa shape index (κ3) is 2.71. The standard InChI is InChI=1S/C28H40/c1-13-14(2)20(8)25(19(13)7)28(26-21(9)15(3)16(4)22(26)10)27-23(11)17(5)18(6)24(27)12/h19,21,23,28H,1-12H3/t19-,21-,23+/m0/s1. The first-order chi connectivity index (χ1) is 12.9. The molecule has 3 aliphatic carbocycles. The van der Waals surface area contributed by atoms with Crippen molar-refractivity contribution < 1.29 is 0 Å². The lowest BCUT2D eigenvalue weighted by molar-refractivity contribution is 0.586. The number of hydrogen-bond donors (Lipinski definition) is 0. The van der Waals surface area contributed by atoms with Crippen LogP contribution >= 0.6 is 0 Å². The van der Waals surface area contributed by atoms with Gasteiger partial charge in [-0.25, -0.2) is 0 Å². The summed E-state index contributed by atoms with van der Waals surface area (Å²) in [6.45, 7) is 28.4. The van der Waals surface area contributed by atoms with E-state index in [0.717, 1.165) is 0 Å². The van der Waals surface area contributed by atoms with Gasteiger partial charge < -0.3 is 0 Å². The Hall–Kier alpha value is -1.56. The molecule has 0 heterocycles. The number of allylic oxidation sites excluding steroid dienone is 12. The van der Waals surface area contributed by atoms with Crippen LogP contribution in [0.3, 0.4) is 0 Å². The highest BCUT2D eigenvalue weighted by Crippen LogP contribution is 2.55. The SMILES string of the molecule is CC1=C(C)[C@@H](C)C(C(C2=C(C)C(C)=C(C)[C@@H]2C)C2=C(C)C(C)=C(C)[C@@H]2C)=C1C. The second-order valence-electron chi connectivity index (χ2n) is 9.76. The molecule has 0 nitrogen and oxygen atoms in total. The fraction of sp³-hybridized carbons (Fsp3) is 0.571. The zero-order valence-electron chi connectivity index (χ0n) is 20.3. The van der Waals surface area contributed by atoms with Crippen molar-refractivity contribution in [1.29, 1.82) is 0 Å². The molecule has 0 saturated heterocycles. The normalized spacial score (nSPS) is 29.2. The number of hydrogen-bond acceptors (Lipinski definition) is 0. The third-order valence-corrected chi connectivity index (χ3v) is 9.04. The Morgan fingerprint density at radius 2 is 0.607 bits per heavy atom. The molecule has 0 heteroatoms. The zero-order valence-corrected chi connectivity index (χ0v) is 20.3. The van der Waals surface area contributed by atoms with Gasteiger partial charge in [-0.15, -0.1) is 0 Å². The van der Waals surface area contributed by atoms with E-state index >= 15 is 0 Å². The molecule has 28 heavy (non-hydrogen) atoms. The molecule has 0 aromatic rings. The van der Waals surface area contributed by atoms with Gasteiger partial charge in [0, 0.05) is 5.92 Å². The van der Waals surface area contributed by atoms with Crippen molar-refractivity contribution in [3.8, 4) is 0 Å². The molecule has 0 saturated carbocycles. The second kappa shape index (κ2) is 7.05. The molecule has 0 fully saturated rings.